The Balaban J connectivity index is 1.12. The summed E-state index contributed by atoms with van der Waals surface area (Å²) in [5, 5.41) is 16.0. The molecule has 2 atom stereocenters. The van der Waals surface area contributed by atoms with Crippen molar-refractivity contribution in [3.63, 3.8) is 0 Å². The number of hydrogen-bond donors (Lipinski definition) is 1. The average Bonchev–Trinajstić information content (AvgIpc) is 3.61. The zero-order valence-corrected chi connectivity index (χ0v) is 25.3. The molecule has 4 aromatic rings. The van der Waals surface area contributed by atoms with E-state index in [1.165, 1.54) is 23.5 Å². The third kappa shape index (κ3) is 5.68. The number of nitrogens with zero attached hydrogens (tertiary/aromatic N) is 5. The minimum atomic E-state index is -0.415. The van der Waals surface area contributed by atoms with Crippen molar-refractivity contribution >= 4 is 45.9 Å². The summed E-state index contributed by atoms with van der Waals surface area (Å²) < 4.78 is 1.90. The third-order valence-corrected chi connectivity index (χ3v) is 9.92. The van der Waals surface area contributed by atoms with Gasteiger partial charge in [-0.25, -0.2) is 0 Å². The predicted octanol–water partition coefficient (Wildman–Crippen LogP) is 4.66. The first-order valence-electron chi connectivity index (χ1n) is 15.1. The highest BCUT2D eigenvalue weighted by Crippen LogP contribution is 2.39. The molecule has 0 radical (unpaired) electrons. The Morgan fingerprint density at radius 2 is 1.69 bits per heavy atom. The molecule has 5 heterocycles. The van der Waals surface area contributed by atoms with E-state index >= 15 is 0 Å². The number of hydrogen-bond acceptors (Lipinski definition) is 8. The number of carbonyl (C=O) groups excluding carboxylic acids is 2. The minimum absolute atomic E-state index is 0.0380. The molecule has 2 aromatic carbocycles. The Morgan fingerprint density at radius 3 is 2.42 bits per heavy atom. The molecule has 2 fully saturated rings. The van der Waals surface area contributed by atoms with Crippen LogP contribution in [0.3, 0.4) is 0 Å². The van der Waals surface area contributed by atoms with Crippen molar-refractivity contribution in [2.45, 2.75) is 18.9 Å². The van der Waals surface area contributed by atoms with Gasteiger partial charge in [-0.1, -0.05) is 12.1 Å². The van der Waals surface area contributed by atoms with Crippen molar-refractivity contribution in [3.8, 4) is 0 Å². The maximum atomic E-state index is 13.7. The van der Waals surface area contributed by atoms with Crippen LogP contribution in [0.15, 0.2) is 83.0 Å². The van der Waals surface area contributed by atoms with Crippen LogP contribution in [0.5, 0.6) is 0 Å². The molecule has 230 valence electrons. The molecule has 0 aliphatic carbocycles. The molecule has 3 aliphatic rings. The Morgan fingerprint density at radius 1 is 0.889 bits per heavy atom. The number of rotatable bonds is 6. The van der Waals surface area contributed by atoms with Crippen LogP contribution in [0.1, 0.15) is 38.1 Å². The summed E-state index contributed by atoms with van der Waals surface area (Å²) in [5.74, 6) is 0.160. The summed E-state index contributed by atoms with van der Waals surface area (Å²) in [4.78, 5) is 56.9. The van der Waals surface area contributed by atoms with E-state index in [1.54, 1.807) is 30.3 Å². The molecule has 0 saturated carbocycles. The number of piperazine rings is 1. The first-order valence-corrected chi connectivity index (χ1v) is 15.9. The lowest BCUT2D eigenvalue weighted by Gasteiger charge is -2.44. The van der Waals surface area contributed by atoms with Crippen molar-refractivity contribution < 1.29 is 14.5 Å². The van der Waals surface area contributed by atoms with Gasteiger partial charge in [0.15, 0.2) is 0 Å². The summed E-state index contributed by atoms with van der Waals surface area (Å²) in [6, 6.07) is 21.1. The van der Waals surface area contributed by atoms with Crippen LogP contribution in [-0.2, 0) is 6.54 Å². The smallest absolute Gasteiger partial charge is 0.269 e. The van der Waals surface area contributed by atoms with Crippen LogP contribution in [0, 0.1) is 16.0 Å². The van der Waals surface area contributed by atoms with Gasteiger partial charge in [0.05, 0.1) is 21.2 Å². The number of pyridine rings is 1. The van der Waals surface area contributed by atoms with Gasteiger partial charge in [0.25, 0.3) is 23.1 Å². The van der Waals surface area contributed by atoms with E-state index < -0.39 is 4.92 Å². The molecule has 3 aliphatic heterocycles. The molecule has 7 rings (SSSR count). The molecule has 1 N–H and O–H groups in total. The highest BCUT2D eigenvalue weighted by molar-refractivity contribution is 7.12. The van der Waals surface area contributed by atoms with Gasteiger partial charge in [0.1, 0.15) is 0 Å². The quantitative estimate of drug-likeness (QED) is 0.245. The topological polar surface area (TPSA) is 121 Å². The molecule has 2 aromatic heterocycles. The van der Waals surface area contributed by atoms with Gasteiger partial charge < -0.3 is 24.6 Å². The second-order valence-corrected chi connectivity index (χ2v) is 12.8. The first-order chi connectivity index (χ1) is 21.8. The van der Waals surface area contributed by atoms with Gasteiger partial charge in [0, 0.05) is 86.9 Å². The standard InChI is InChI=1S/C33H32N6O5S/c40-31-5-1-3-28-24-17-22(20-38(28)31)19-37(21-24)29-11-6-23(18-27(29)34-32(41)30-4-2-16-45-30)33(42)36-14-12-35(13-15-36)25-7-9-26(10-8-25)39(43)44/h1-11,16,18,22,24H,12-15,17,19-21H2,(H,34,41). The molecule has 2 bridgehead atoms. The first kappa shape index (κ1) is 28.8. The summed E-state index contributed by atoms with van der Waals surface area (Å²) in [7, 11) is 0. The maximum Gasteiger partial charge on any atom is 0.269 e. The molecule has 2 unspecified atom stereocenters. The van der Waals surface area contributed by atoms with E-state index in [2.05, 4.69) is 15.1 Å². The lowest BCUT2D eigenvalue weighted by Crippen LogP contribution is -2.49. The SMILES string of the molecule is O=C(Nc1cc(C(=O)N2CCN(c3ccc([N+](=O)[O-])cc3)CC2)ccc1N1CC2CC(C1)c1cccc(=O)n1C2)c1cccs1. The van der Waals surface area contributed by atoms with Crippen LogP contribution in [0.2, 0.25) is 0 Å². The van der Waals surface area contributed by atoms with Crippen LogP contribution >= 0.6 is 11.3 Å². The number of piperidine rings is 1. The average molecular weight is 625 g/mol. The molecule has 12 heteroatoms. The zero-order chi connectivity index (χ0) is 31.1. The highest BCUT2D eigenvalue weighted by Gasteiger charge is 2.35. The van der Waals surface area contributed by atoms with Crippen LogP contribution in [0.25, 0.3) is 0 Å². The number of amides is 2. The van der Waals surface area contributed by atoms with Crippen LogP contribution < -0.4 is 20.7 Å². The molecule has 2 amide bonds. The van der Waals surface area contributed by atoms with E-state index in [1.807, 2.05) is 45.2 Å². The number of non-ortho nitro benzene ring substituents is 1. The number of fused-ring (bicyclic) bond motifs is 4. The number of aromatic nitrogens is 1. The molecule has 45 heavy (non-hydrogen) atoms. The minimum Gasteiger partial charge on any atom is -0.369 e. The van der Waals surface area contributed by atoms with Crippen LogP contribution in [0.4, 0.5) is 22.7 Å². The van der Waals surface area contributed by atoms with E-state index in [-0.39, 0.29) is 29.0 Å². The summed E-state index contributed by atoms with van der Waals surface area (Å²) in [5.41, 5.74) is 3.97. The number of carbonyl (C=O) groups is 2. The maximum absolute atomic E-state index is 13.7. The number of nitro benzene ring substituents is 1. The Labute approximate surface area is 263 Å². The van der Waals surface area contributed by atoms with Crippen molar-refractivity contribution in [2.24, 2.45) is 5.92 Å². The monoisotopic (exact) mass is 624 g/mol. The van der Waals surface area contributed by atoms with Gasteiger partial charge in [0.2, 0.25) is 0 Å². The lowest BCUT2D eigenvalue weighted by atomic mass is 9.83. The largest absolute Gasteiger partial charge is 0.369 e. The van der Waals surface area contributed by atoms with Gasteiger partial charge >= 0.3 is 0 Å². The number of thiophene rings is 1. The van der Waals surface area contributed by atoms with E-state index in [0.717, 1.165) is 30.0 Å². The van der Waals surface area contributed by atoms with E-state index in [0.29, 0.717) is 61.3 Å². The zero-order valence-electron chi connectivity index (χ0n) is 24.5. The van der Waals surface area contributed by atoms with Crippen molar-refractivity contribution in [3.05, 3.63) is 115 Å². The van der Waals surface area contributed by atoms with Crippen LogP contribution in [-0.4, -0.2) is 65.5 Å². The van der Waals surface area contributed by atoms with Gasteiger partial charge in [-0.2, -0.15) is 0 Å². The second-order valence-electron chi connectivity index (χ2n) is 11.8. The summed E-state index contributed by atoms with van der Waals surface area (Å²) >= 11 is 1.36. The number of nitrogens with one attached hydrogen (secondary N) is 1. The molecular formula is C33H32N6O5S. The van der Waals surface area contributed by atoms with Crippen molar-refractivity contribution in [1.29, 1.82) is 0 Å². The fourth-order valence-corrected chi connectivity index (χ4v) is 7.48. The fraction of sp³-hybridized carbons (Fsp3) is 0.303. The summed E-state index contributed by atoms with van der Waals surface area (Å²) in [6.45, 7) is 4.33. The van der Waals surface area contributed by atoms with Gasteiger partial charge in [-0.3, -0.25) is 24.5 Å². The van der Waals surface area contributed by atoms with Crippen molar-refractivity contribution in [1.82, 2.24) is 9.47 Å². The normalized spacial score (nSPS) is 19.2. The van der Waals surface area contributed by atoms with Gasteiger partial charge in [-0.05, 0) is 60.2 Å². The van der Waals surface area contributed by atoms with Crippen molar-refractivity contribution in [2.75, 3.05) is 54.4 Å². The third-order valence-electron chi connectivity index (χ3n) is 9.05. The molecule has 11 nitrogen and oxygen atoms in total. The second kappa shape index (κ2) is 11.8. The lowest BCUT2D eigenvalue weighted by molar-refractivity contribution is -0.384. The molecule has 2 saturated heterocycles. The summed E-state index contributed by atoms with van der Waals surface area (Å²) in [6.07, 6.45) is 1.01. The number of benzene rings is 2. The Hall–Kier alpha value is -4.97. The van der Waals surface area contributed by atoms with E-state index in [9.17, 15) is 24.5 Å². The molecular weight excluding hydrogens is 592 g/mol. The van der Waals surface area contributed by atoms with E-state index in [4.69, 9.17) is 0 Å². The Kier molecular flexibility index (Phi) is 7.58. The predicted molar refractivity (Wildman–Crippen MR) is 174 cm³/mol. The molecule has 0 spiro atoms. The fourth-order valence-electron chi connectivity index (χ4n) is 6.87. The number of nitro groups is 1. The highest BCUT2D eigenvalue weighted by atomic mass is 32.1. The van der Waals surface area contributed by atoms with Gasteiger partial charge in [-0.15, -0.1) is 11.3 Å². The number of anilines is 3. The Bertz CT molecular complexity index is 1810.